The number of pyridine rings is 1. The lowest BCUT2D eigenvalue weighted by atomic mass is 9.99. The molecular formula is C16H22N2O2. The zero-order chi connectivity index (χ0) is 14.5. The largest absolute Gasteiger partial charge is 0.394 e. The van der Waals surface area contributed by atoms with E-state index in [4.69, 9.17) is 5.11 Å². The predicted octanol–water partition coefficient (Wildman–Crippen LogP) is 2.20. The van der Waals surface area contributed by atoms with Crippen LogP contribution in [-0.2, 0) is 6.42 Å². The first-order valence-corrected chi connectivity index (χ1v) is 7.01. The standard InChI is InChI=1S/C16H22N2O2/c1-11(2)7-12-8-17-16(18-9-13(20)10-19)15-6-4-3-5-14(12)15/h3-6,8,11,13,19-20H,7,9-10H2,1-2H3,(H,17,18). The van der Waals surface area contributed by atoms with E-state index in [0.29, 0.717) is 5.92 Å². The maximum Gasteiger partial charge on any atom is 0.133 e. The third-order valence-electron chi connectivity index (χ3n) is 3.22. The Morgan fingerprint density at radius 1 is 1.20 bits per heavy atom. The molecule has 1 aromatic heterocycles. The van der Waals surface area contributed by atoms with E-state index in [2.05, 4.69) is 30.2 Å². The fourth-order valence-corrected chi connectivity index (χ4v) is 2.27. The molecule has 2 aromatic rings. The number of benzene rings is 1. The average molecular weight is 274 g/mol. The molecule has 2 rings (SSSR count). The van der Waals surface area contributed by atoms with Crippen molar-refractivity contribution in [2.24, 2.45) is 5.92 Å². The zero-order valence-electron chi connectivity index (χ0n) is 12.0. The second-order valence-electron chi connectivity index (χ2n) is 5.49. The number of aliphatic hydroxyl groups excluding tert-OH is 2. The minimum Gasteiger partial charge on any atom is -0.394 e. The van der Waals surface area contributed by atoms with E-state index < -0.39 is 6.10 Å². The van der Waals surface area contributed by atoms with Crippen LogP contribution < -0.4 is 5.32 Å². The molecule has 1 heterocycles. The molecule has 1 unspecified atom stereocenters. The van der Waals surface area contributed by atoms with Gasteiger partial charge in [-0.1, -0.05) is 38.1 Å². The first-order valence-electron chi connectivity index (χ1n) is 7.01. The summed E-state index contributed by atoms with van der Waals surface area (Å²) < 4.78 is 0. The van der Waals surface area contributed by atoms with E-state index in [9.17, 15) is 5.11 Å². The van der Waals surface area contributed by atoms with Crippen molar-refractivity contribution in [1.82, 2.24) is 4.98 Å². The van der Waals surface area contributed by atoms with Crippen molar-refractivity contribution in [2.45, 2.75) is 26.4 Å². The van der Waals surface area contributed by atoms with Crippen LogP contribution in [0.1, 0.15) is 19.4 Å². The van der Waals surface area contributed by atoms with Gasteiger partial charge in [0.15, 0.2) is 0 Å². The van der Waals surface area contributed by atoms with Gasteiger partial charge >= 0.3 is 0 Å². The molecule has 0 aliphatic carbocycles. The van der Waals surface area contributed by atoms with E-state index >= 15 is 0 Å². The number of aromatic nitrogens is 1. The van der Waals surface area contributed by atoms with Gasteiger partial charge in [-0.25, -0.2) is 4.98 Å². The summed E-state index contributed by atoms with van der Waals surface area (Å²) in [5.74, 6) is 1.33. The number of anilines is 1. The fraction of sp³-hybridized carbons (Fsp3) is 0.438. The van der Waals surface area contributed by atoms with Crippen molar-refractivity contribution >= 4 is 16.6 Å². The minimum absolute atomic E-state index is 0.254. The van der Waals surface area contributed by atoms with Gasteiger partial charge in [0.1, 0.15) is 5.82 Å². The summed E-state index contributed by atoms with van der Waals surface area (Å²) in [5.41, 5.74) is 1.24. The summed E-state index contributed by atoms with van der Waals surface area (Å²) in [5, 5.41) is 23.6. The van der Waals surface area contributed by atoms with Crippen molar-refractivity contribution < 1.29 is 10.2 Å². The molecular weight excluding hydrogens is 252 g/mol. The van der Waals surface area contributed by atoms with Crippen molar-refractivity contribution in [1.29, 1.82) is 0 Å². The van der Waals surface area contributed by atoms with Crippen molar-refractivity contribution in [3.8, 4) is 0 Å². The highest BCUT2D eigenvalue weighted by atomic mass is 16.3. The molecule has 0 saturated carbocycles. The highest BCUT2D eigenvalue weighted by molar-refractivity contribution is 5.94. The first kappa shape index (κ1) is 14.8. The van der Waals surface area contributed by atoms with Crippen molar-refractivity contribution in [2.75, 3.05) is 18.5 Å². The third kappa shape index (κ3) is 3.46. The van der Waals surface area contributed by atoms with Crippen LogP contribution in [0.15, 0.2) is 30.5 Å². The molecule has 0 bridgehead atoms. The quantitative estimate of drug-likeness (QED) is 0.755. The highest BCUT2D eigenvalue weighted by Crippen LogP contribution is 2.26. The Balaban J connectivity index is 2.33. The summed E-state index contributed by atoms with van der Waals surface area (Å²) in [4.78, 5) is 4.46. The van der Waals surface area contributed by atoms with Crippen LogP contribution in [0.5, 0.6) is 0 Å². The van der Waals surface area contributed by atoms with Crippen LogP contribution in [-0.4, -0.2) is 34.5 Å². The van der Waals surface area contributed by atoms with Gasteiger partial charge < -0.3 is 15.5 Å². The number of nitrogens with one attached hydrogen (secondary N) is 1. The van der Waals surface area contributed by atoms with Crippen molar-refractivity contribution in [3.63, 3.8) is 0 Å². The number of fused-ring (bicyclic) bond motifs is 1. The lowest BCUT2D eigenvalue weighted by Gasteiger charge is -2.14. The molecule has 0 aliphatic heterocycles. The van der Waals surface area contributed by atoms with Gasteiger partial charge in [0.2, 0.25) is 0 Å². The summed E-state index contributed by atoms with van der Waals surface area (Å²) >= 11 is 0. The smallest absolute Gasteiger partial charge is 0.133 e. The molecule has 4 heteroatoms. The number of hydrogen-bond acceptors (Lipinski definition) is 4. The molecule has 0 aliphatic rings. The number of aliphatic hydroxyl groups is 2. The second kappa shape index (κ2) is 6.68. The van der Waals surface area contributed by atoms with Gasteiger partial charge in [0.25, 0.3) is 0 Å². The van der Waals surface area contributed by atoms with Crippen LogP contribution in [0.25, 0.3) is 10.8 Å². The van der Waals surface area contributed by atoms with E-state index in [1.807, 2.05) is 24.4 Å². The molecule has 0 fully saturated rings. The Labute approximate surface area is 119 Å². The Bertz CT molecular complexity index is 569. The summed E-state index contributed by atoms with van der Waals surface area (Å²) in [6.07, 6.45) is 2.12. The lowest BCUT2D eigenvalue weighted by Crippen LogP contribution is -2.23. The summed E-state index contributed by atoms with van der Waals surface area (Å²) in [6.45, 7) is 4.42. The third-order valence-corrected chi connectivity index (χ3v) is 3.22. The lowest BCUT2D eigenvalue weighted by molar-refractivity contribution is 0.105. The number of rotatable bonds is 6. The SMILES string of the molecule is CC(C)Cc1cnc(NCC(O)CO)c2ccccc12. The molecule has 0 saturated heterocycles. The Morgan fingerprint density at radius 2 is 1.90 bits per heavy atom. The zero-order valence-corrected chi connectivity index (χ0v) is 12.0. The van der Waals surface area contributed by atoms with Crippen LogP contribution in [0.2, 0.25) is 0 Å². The molecule has 0 radical (unpaired) electrons. The molecule has 20 heavy (non-hydrogen) atoms. The van der Waals surface area contributed by atoms with Gasteiger partial charge in [-0.15, -0.1) is 0 Å². The van der Waals surface area contributed by atoms with Crippen LogP contribution in [0.4, 0.5) is 5.82 Å². The number of hydrogen-bond donors (Lipinski definition) is 3. The fourth-order valence-electron chi connectivity index (χ4n) is 2.27. The molecule has 1 aromatic carbocycles. The normalized spacial score (nSPS) is 12.8. The van der Waals surface area contributed by atoms with E-state index in [1.165, 1.54) is 10.9 Å². The molecule has 1 atom stereocenters. The van der Waals surface area contributed by atoms with Gasteiger partial charge in [0.05, 0.1) is 12.7 Å². The molecule has 4 nitrogen and oxygen atoms in total. The van der Waals surface area contributed by atoms with Crippen LogP contribution in [0.3, 0.4) is 0 Å². The Morgan fingerprint density at radius 3 is 2.55 bits per heavy atom. The number of nitrogens with zero attached hydrogens (tertiary/aromatic N) is 1. The van der Waals surface area contributed by atoms with Crippen molar-refractivity contribution in [3.05, 3.63) is 36.0 Å². The maximum atomic E-state index is 9.42. The van der Waals surface area contributed by atoms with Gasteiger partial charge in [-0.05, 0) is 23.3 Å². The monoisotopic (exact) mass is 274 g/mol. The maximum absolute atomic E-state index is 9.42. The van der Waals surface area contributed by atoms with Gasteiger partial charge in [-0.3, -0.25) is 0 Å². The minimum atomic E-state index is -0.772. The Kier molecular flexibility index (Phi) is 4.93. The van der Waals surface area contributed by atoms with E-state index in [0.717, 1.165) is 17.6 Å². The van der Waals surface area contributed by atoms with E-state index in [-0.39, 0.29) is 13.2 Å². The second-order valence-corrected chi connectivity index (χ2v) is 5.49. The predicted molar refractivity (Wildman–Crippen MR) is 81.9 cm³/mol. The van der Waals surface area contributed by atoms with Crippen LogP contribution in [0, 0.1) is 5.92 Å². The highest BCUT2D eigenvalue weighted by Gasteiger charge is 2.09. The van der Waals surface area contributed by atoms with Crippen LogP contribution >= 0.6 is 0 Å². The molecule has 3 N–H and O–H groups in total. The van der Waals surface area contributed by atoms with Gasteiger partial charge in [0, 0.05) is 18.1 Å². The Hall–Kier alpha value is -1.65. The average Bonchev–Trinajstić information content (AvgIpc) is 2.45. The van der Waals surface area contributed by atoms with E-state index in [1.54, 1.807) is 0 Å². The summed E-state index contributed by atoms with van der Waals surface area (Å²) in [7, 11) is 0. The summed E-state index contributed by atoms with van der Waals surface area (Å²) in [6, 6.07) is 8.14. The first-order chi connectivity index (χ1) is 9.61. The molecule has 108 valence electrons. The molecule has 0 spiro atoms. The molecule has 0 amide bonds. The van der Waals surface area contributed by atoms with Gasteiger partial charge in [-0.2, -0.15) is 0 Å². The topological polar surface area (TPSA) is 65.4 Å².